The molecule has 16 aromatic carbocycles. The van der Waals surface area contributed by atoms with Crippen molar-refractivity contribution in [3.63, 3.8) is 0 Å². The molecule has 0 N–H and O–H groups in total. The van der Waals surface area contributed by atoms with E-state index in [0.29, 0.717) is 0 Å². The van der Waals surface area contributed by atoms with Gasteiger partial charge in [0, 0.05) is 110 Å². The Balaban J connectivity index is 0.670. The van der Waals surface area contributed by atoms with Crippen molar-refractivity contribution in [1.29, 1.82) is 0 Å². The lowest BCUT2D eigenvalue weighted by Gasteiger charge is -2.14. The minimum absolute atomic E-state index is 0.850. The van der Waals surface area contributed by atoms with Gasteiger partial charge in [-0.2, -0.15) is 0 Å². The Labute approximate surface area is 584 Å². The van der Waals surface area contributed by atoms with Gasteiger partial charge in [0.1, 0.15) is 22.3 Å². The van der Waals surface area contributed by atoms with Crippen molar-refractivity contribution in [1.82, 2.24) is 18.3 Å². The molecule has 22 rings (SSSR count). The van der Waals surface area contributed by atoms with Crippen LogP contribution in [0, 0.1) is 0 Å². The van der Waals surface area contributed by atoms with Crippen LogP contribution in [0.4, 0.5) is 0 Å². The third kappa shape index (κ3) is 8.23. The molecule has 0 aliphatic heterocycles. The van der Waals surface area contributed by atoms with Crippen LogP contribution in [0.2, 0.25) is 0 Å². The van der Waals surface area contributed by atoms with Crippen molar-refractivity contribution >= 4 is 131 Å². The summed E-state index contributed by atoms with van der Waals surface area (Å²) in [4.78, 5) is 0. The highest BCUT2D eigenvalue weighted by molar-refractivity contribution is 6.24. The lowest BCUT2D eigenvalue weighted by Crippen LogP contribution is -1.96. The van der Waals surface area contributed by atoms with Gasteiger partial charge in [-0.1, -0.05) is 243 Å². The van der Waals surface area contributed by atoms with Crippen LogP contribution < -0.4 is 0 Å². The fraction of sp³-hybridized carbons (Fsp3) is 0. The van der Waals surface area contributed by atoms with Gasteiger partial charge in [0.05, 0.1) is 44.1 Å². The van der Waals surface area contributed by atoms with Crippen LogP contribution in [-0.4, -0.2) is 18.3 Å². The zero-order valence-electron chi connectivity index (χ0n) is 55.1. The monoisotopic (exact) mass is 1300 g/mol. The largest absolute Gasteiger partial charge is 0.455 e. The van der Waals surface area contributed by atoms with Crippen LogP contribution in [0.5, 0.6) is 0 Å². The smallest absolute Gasteiger partial charge is 0.143 e. The Kier molecular flexibility index (Phi) is 12.1. The van der Waals surface area contributed by atoms with Crippen LogP contribution in [0.1, 0.15) is 0 Å². The molecule has 0 bridgehead atoms. The van der Waals surface area contributed by atoms with Crippen LogP contribution in [0.3, 0.4) is 0 Å². The molecule has 0 fully saturated rings. The molecule has 0 spiro atoms. The number of rotatable bonds is 9. The van der Waals surface area contributed by atoms with E-state index < -0.39 is 0 Å². The molecule has 6 aromatic heterocycles. The summed E-state index contributed by atoms with van der Waals surface area (Å²) >= 11 is 0. The van der Waals surface area contributed by atoms with Crippen LogP contribution >= 0.6 is 0 Å². The first-order valence-electron chi connectivity index (χ1n) is 35.0. The molecule has 6 nitrogen and oxygen atoms in total. The molecule has 474 valence electrons. The van der Waals surface area contributed by atoms with Crippen molar-refractivity contribution in [3.05, 3.63) is 352 Å². The molecule has 22 aromatic rings. The quantitative estimate of drug-likeness (QED) is 0.145. The summed E-state index contributed by atoms with van der Waals surface area (Å²) in [5.41, 5.74) is 28.5. The first-order chi connectivity index (χ1) is 50.6. The van der Waals surface area contributed by atoms with Gasteiger partial charge in [0.2, 0.25) is 0 Å². The topological polar surface area (TPSA) is 46.0 Å². The van der Waals surface area contributed by atoms with Crippen molar-refractivity contribution in [2.75, 3.05) is 0 Å². The van der Waals surface area contributed by atoms with E-state index in [4.69, 9.17) is 8.83 Å². The summed E-state index contributed by atoms with van der Waals surface area (Å²) in [6.45, 7) is 0. The maximum absolute atomic E-state index is 7.03. The summed E-state index contributed by atoms with van der Waals surface area (Å²) in [5.74, 6) is 0. The highest BCUT2D eigenvalue weighted by Crippen LogP contribution is 2.49. The van der Waals surface area contributed by atoms with Gasteiger partial charge in [0.25, 0.3) is 0 Å². The number of hydrogen-bond acceptors (Lipinski definition) is 2. The summed E-state index contributed by atoms with van der Waals surface area (Å²) in [5, 5.41) is 14.0. The molecule has 102 heavy (non-hydrogen) atoms. The number of nitrogens with zero attached hydrogens (tertiary/aromatic N) is 4. The normalized spacial score (nSPS) is 12.1. The predicted molar refractivity (Wildman–Crippen MR) is 426 cm³/mol. The number of furan rings is 2. The van der Waals surface area contributed by atoms with E-state index in [1.807, 2.05) is 6.07 Å². The van der Waals surface area contributed by atoms with E-state index in [1.54, 1.807) is 0 Å². The first-order valence-corrected chi connectivity index (χ1v) is 35.0. The second kappa shape index (κ2) is 21.9. The van der Waals surface area contributed by atoms with Gasteiger partial charge in [-0.05, 0) is 143 Å². The first kappa shape index (κ1) is 56.3. The molecule has 0 saturated carbocycles. The average molecular weight is 1300 g/mol. The second-order valence-corrected chi connectivity index (χ2v) is 27.0. The molecule has 0 aliphatic carbocycles. The molecular formula is C96H58N4O2. The number of hydrogen-bond donors (Lipinski definition) is 0. The van der Waals surface area contributed by atoms with E-state index >= 15 is 0 Å². The highest BCUT2D eigenvalue weighted by Gasteiger charge is 2.26. The van der Waals surface area contributed by atoms with Crippen molar-refractivity contribution in [2.24, 2.45) is 0 Å². The zero-order chi connectivity index (χ0) is 66.7. The number of fused-ring (bicyclic) bond motifs is 18. The van der Waals surface area contributed by atoms with Gasteiger partial charge in [-0.15, -0.1) is 0 Å². The van der Waals surface area contributed by atoms with Crippen molar-refractivity contribution < 1.29 is 8.83 Å². The number of benzene rings is 16. The molecule has 0 radical (unpaired) electrons. The van der Waals surface area contributed by atoms with Crippen molar-refractivity contribution in [3.8, 4) is 78.4 Å². The maximum atomic E-state index is 7.03. The lowest BCUT2D eigenvalue weighted by atomic mass is 9.96. The predicted octanol–water partition coefficient (Wildman–Crippen LogP) is 26.2. The average Bonchev–Trinajstić information content (AvgIpc) is 1.56. The molecule has 6 heterocycles. The van der Waals surface area contributed by atoms with Crippen LogP contribution in [-0.2, 0) is 0 Å². The Morgan fingerprint density at radius 2 is 0.539 bits per heavy atom. The summed E-state index contributed by atoms with van der Waals surface area (Å²) in [7, 11) is 0. The fourth-order valence-electron chi connectivity index (χ4n) is 17.2. The summed E-state index contributed by atoms with van der Waals surface area (Å²) in [6.07, 6.45) is 0. The molecule has 0 atom stereocenters. The fourth-order valence-corrected chi connectivity index (χ4v) is 17.2. The number of aromatic nitrogens is 4. The van der Waals surface area contributed by atoms with Crippen LogP contribution in [0.15, 0.2) is 361 Å². The lowest BCUT2D eigenvalue weighted by molar-refractivity contribution is 0.669. The minimum Gasteiger partial charge on any atom is -0.455 e. The Bertz CT molecular complexity index is 7220. The Morgan fingerprint density at radius 1 is 0.176 bits per heavy atom. The molecule has 0 saturated heterocycles. The van der Waals surface area contributed by atoms with E-state index in [1.165, 1.54) is 76.6 Å². The van der Waals surface area contributed by atoms with Crippen molar-refractivity contribution in [2.45, 2.75) is 0 Å². The molecule has 0 amide bonds. The van der Waals surface area contributed by atoms with Gasteiger partial charge in [-0.3, -0.25) is 0 Å². The van der Waals surface area contributed by atoms with Gasteiger partial charge in [-0.25, -0.2) is 0 Å². The van der Waals surface area contributed by atoms with E-state index in [2.05, 4.69) is 364 Å². The minimum atomic E-state index is 0.850. The second-order valence-electron chi connectivity index (χ2n) is 27.0. The molecule has 0 aliphatic rings. The van der Waals surface area contributed by atoms with E-state index in [0.717, 1.165) is 133 Å². The van der Waals surface area contributed by atoms with Gasteiger partial charge in [0.15, 0.2) is 0 Å². The standard InChI is InChI=1S/C96H58N4O2/c1-3-21-63(22-4-1)97-84-40-12-8-27-79(84)91-71(31-19-42-87(91)97)74-34-17-33-73-69-25-7-11-39-83(69)99(93(73)74)65-51-45-59(46-52-65)61-50-56-90-82(57-61)78-38-16-30-68(96(78)102-90)62-49-55-86-81(58-62)76-36-18-35-75(72-32-20-43-88-92(72)80-28-9-13-41-85(80)98(88)64-23-5-2-6-24-64)94(76)100(86)66-53-47-60(48-54-66)67-29-15-37-77-70-26-10-14-44-89(70)101-95(67)77/h1-58H. The highest BCUT2D eigenvalue weighted by atomic mass is 16.3. The SMILES string of the molecule is c1ccc(-n2c3ccccc3c3c(-c4cccc5c6ccccc6n(-c6ccc(-c7ccc8oc9c(-c%10ccc%11c(c%10)c%10cccc(-c%12cccc%13c%12c%12ccccc%12n%13-c%12ccccc%12)c%10n%11-c%10ccc(-c%11cccc%12c%11oc%11ccccc%11%12)cc%10)cccc9c8c7)cc6)c45)cccc32)cc1. The third-order valence-corrected chi connectivity index (χ3v) is 21.6. The van der Waals surface area contributed by atoms with E-state index in [9.17, 15) is 0 Å². The molecular weight excluding hydrogens is 1240 g/mol. The Morgan fingerprint density at radius 3 is 1.12 bits per heavy atom. The maximum Gasteiger partial charge on any atom is 0.143 e. The number of para-hydroxylation sites is 10. The van der Waals surface area contributed by atoms with E-state index in [-0.39, 0.29) is 0 Å². The summed E-state index contributed by atoms with van der Waals surface area (Å²) in [6, 6.07) is 128. The molecule has 6 heteroatoms. The Hall–Kier alpha value is -13.7. The summed E-state index contributed by atoms with van der Waals surface area (Å²) < 4.78 is 23.4. The third-order valence-electron chi connectivity index (χ3n) is 21.6. The van der Waals surface area contributed by atoms with Gasteiger partial charge < -0.3 is 27.1 Å². The van der Waals surface area contributed by atoms with Crippen LogP contribution in [0.25, 0.3) is 209 Å². The zero-order valence-corrected chi connectivity index (χ0v) is 55.1. The van der Waals surface area contributed by atoms with Gasteiger partial charge >= 0.3 is 0 Å². The molecule has 0 unspecified atom stereocenters.